The number of nitrogens with zero attached hydrogens (tertiary/aromatic N) is 1. The van der Waals surface area contributed by atoms with Gasteiger partial charge < -0.3 is 10.6 Å². The zero-order valence-electron chi connectivity index (χ0n) is 12.2. The normalized spacial score (nSPS) is 30.1. The van der Waals surface area contributed by atoms with Crippen molar-refractivity contribution < 1.29 is 4.79 Å². The zero-order valence-corrected chi connectivity index (χ0v) is 13.0. The van der Waals surface area contributed by atoms with E-state index >= 15 is 0 Å². The Kier molecular flexibility index (Phi) is 4.13. The van der Waals surface area contributed by atoms with Gasteiger partial charge >= 0.3 is 0 Å². The molecular formula is C16H24N2OS. The van der Waals surface area contributed by atoms with E-state index in [0.29, 0.717) is 11.8 Å². The molecular weight excluding hydrogens is 268 g/mol. The first-order chi connectivity index (χ1) is 9.70. The van der Waals surface area contributed by atoms with Gasteiger partial charge in [-0.15, -0.1) is 11.3 Å². The molecule has 1 amide bonds. The Labute approximate surface area is 125 Å². The van der Waals surface area contributed by atoms with Crippen LogP contribution in [-0.4, -0.2) is 23.9 Å². The minimum Gasteiger partial charge on any atom is -0.335 e. The Morgan fingerprint density at radius 1 is 1.40 bits per heavy atom. The van der Waals surface area contributed by atoms with Crippen LogP contribution in [0.5, 0.6) is 0 Å². The molecule has 2 heterocycles. The maximum atomic E-state index is 12.8. The molecule has 1 aliphatic carbocycles. The van der Waals surface area contributed by atoms with Gasteiger partial charge in [-0.2, -0.15) is 0 Å². The molecule has 1 unspecified atom stereocenters. The van der Waals surface area contributed by atoms with Crippen molar-refractivity contribution in [2.24, 2.45) is 17.6 Å². The van der Waals surface area contributed by atoms with Crippen LogP contribution >= 0.6 is 11.3 Å². The molecule has 0 radical (unpaired) electrons. The number of rotatable bonds is 2. The third-order valence-corrected chi connectivity index (χ3v) is 6.09. The van der Waals surface area contributed by atoms with Gasteiger partial charge in [-0.25, -0.2) is 0 Å². The Morgan fingerprint density at radius 2 is 2.15 bits per heavy atom. The van der Waals surface area contributed by atoms with Gasteiger partial charge in [0, 0.05) is 17.3 Å². The number of hydrogen-bond donors (Lipinski definition) is 1. The van der Waals surface area contributed by atoms with Crippen LogP contribution in [0.25, 0.3) is 0 Å². The fourth-order valence-corrected chi connectivity index (χ4v) is 4.65. The summed E-state index contributed by atoms with van der Waals surface area (Å²) in [4.78, 5) is 16.4. The van der Waals surface area contributed by atoms with E-state index in [1.54, 1.807) is 0 Å². The summed E-state index contributed by atoms with van der Waals surface area (Å²) in [6.07, 6.45) is 5.33. The van der Waals surface area contributed by atoms with Gasteiger partial charge in [0.05, 0.1) is 6.04 Å². The van der Waals surface area contributed by atoms with Gasteiger partial charge in [-0.1, -0.05) is 0 Å². The van der Waals surface area contributed by atoms with E-state index in [-0.39, 0.29) is 12.0 Å². The van der Waals surface area contributed by atoms with E-state index in [2.05, 4.69) is 23.3 Å². The van der Waals surface area contributed by atoms with E-state index in [9.17, 15) is 4.79 Å². The number of amides is 1. The van der Waals surface area contributed by atoms with Crippen LogP contribution in [0.15, 0.2) is 11.4 Å². The Balaban J connectivity index is 1.67. The van der Waals surface area contributed by atoms with Crippen LogP contribution in [0, 0.1) is 11.8 Å². The van der Waals surface area contributed by atoms with E-state index in [1.807, 2.05) is 11.3 Å². The monoisotopic (exact) mass is 292 g/mol. The molecule has 0 saturated heterocycles. The van der Waals surface area contributed by atoms with E-state index in [4.69, 9.17) is 5.73 Å². The summed E-state index contributed by atoms with van der Waals surface area (Å²) in [5, 5.41) is 2.15. The summed E-state index contributed by atoms with van der Waals surface area (Å²) in [6, 6.07) is 2.44. The average Bonchev–Trinajstić information content (AvgIpc) is 2.96. The third-order valence-electron chi connectivity index (χ3n) is 5.09. The summed E-state index contributed by atoms with van der Waals surface area (Å²) in [6.45, 7) is 3.84. The quantitative estimate of drug-likeness (QED) is 0.911. The summed E-state index contributed by atoms with van der Waals surface area (Å²) in [5.41, 5.74) is 7.10. The zero-order chi connectivity index (χ0) is 14.1. The number of nitrogens with two attached hydrogens (primary N) is 1. The summed E-state index contributed by atoms with van der Waals surface area (Å²) >= 11 is 1.83. The molecule has 3 nitrogen and oxygen atoms in total. The lowest BCUT2D eigenvalue weighted by atomic mass is 9.81. The molecule has 2 N–H and O–H groups in total. The van der Waals surface area contributed by atoms with Gasteiger partial charge in [-0.3, -0.25) is 4.79 Å². The van der Waals surface area contributed by atoms with E-state index in [0.717, 1.165) is 45.2 Å². The molecule has 0 aromatic carbocycles. The van der Waals surface area contributed by atoms with Crippen LogP contribution in [0.4, 0.5) is 0 Å². The molecule has 4 heteroatoms. The SMILES string of the molecule is CC1c2ccsc2CCN1C(=O)C1CCC(CN)CC1. The molecule has 0 bridgehead atoms. The number of carbonyl (C=O) groups excluding carboxylic acids is 1. The van der Waals surface area contributed by atoms with Gasteiger partial charge in [0.15, 0.2) is 0 Å². The minimum atomic E-state index is 0.237. The summed E-state index contributed by atoms with van der Waals surface area (Å²) in [5.74, 6) is 1.26. The second-order valence-electron chi connectivity index (χ2n) is 6.21. The number of fused-ring (bicyclic) bond motifs is 1. The van der Waals surface area contributed by atoms with Crippen LogP contribution in [0.3, 0.4) is 0 Å². The van der Waals surface area contributed by atoms with E-state index in [1.165, 1.54) is 10.4 Å². The fraction of sp³-hybridized carbons (Fsp3) is 0.688. The number of thiophene rings is 1. The highest BCUT2D eigenvalue weighted by Crippen LogP contribution is 2.36. The second-order valence-corrected chi connectivity index (χ2v) is 7.21. The Hall–Kier alpha value is -0.870. The fourth-order valence-electron chi connectivity index (χ4n) is 3.69. The lowest BCUT2D eigenvalue weighted by Gasteiger charge is -2.38. The molecule has 3 rings (SSSR count). The smallest absolute Gasteiger partial charge is 0.226 e. The van der Waals surface area contributed by atoms with Gasteiger partial charge in [0.2, 0.25) is 5.91 Å². The van der Waals surface area contributed by atoms with Crippen molar-refractivity contribution in [3.05, 3.63) is 21.9 Å². The van der Waals surface area contributed by atoms with Crippen LogP contribution in [0.1, 0.15) is 49.1 Å². The topological polar surface area (TPSA) is 46.3 Å². The molecule has 2 aliphatic rings. The Morgan fingerprint density at radius 3 is 2.85 bits per heavy atom. The van der Waals surface area contributed by atoms with Gasteiger partial charge in [0.1, 0.15) is 0 Å². The predicted octanol–water partition coefficient (Wildman–Crippen LogP) is 2.96. The predicted molar refractivity (Wildman–Crippen MR) is 82.7 cm³/mol. The van der Waals surface area contributed by atoms with Crippen molar-refractivity contribution in [2.75, 3.05) is 13.1 Å². The second kappa shape index (κ2) is 5.86. The van der Waals surface area contributed by atoms with Crippen LogP contribution in [0.2, 0.25) is 0 Å². The summed E-state index contributed by atoms with van der Waals surface area (Å²) in [7, 11) is 0. The molecule has 1 aromatic heterocycles. The lowest BCUT2D eigenvalue weighted by molar-refractivity contribution is -0.139. The van der Waals surface area contributed by atoms with Crippen LogP contribution < -0.4 is 5.73 Å². The molecule has 1 aromatic rings. The largest absolute Gasteiger partial charge is 0.335 e. The Bertz CT molecular complexity index is 477. The summed E-state index contributed by atoms with van der Waals surface area (Å²) < 4.78 is 0. The molecule has 1 fully saturated rings. The van der Waals surface area contributed by atoms with Crippen molar-refractivity contribution in [1.82, 2.24) is 4.90 Å². The molecule has 1 aliphatic heterocycles. The molecule has 1 atom stereocenters. The molecule has 110 valence electrons. The number of carbonyl (C=O) groups is 1. The highest BCUT2D eigenvalue weighted by Gasteiger charge is 2.34. The number of hydrogen-bond acceptors (Lipinski definition) is 3. The third kappa shape index (κ3) is 2.51. The standard InChI is InChI=1S/C16H24N2OS/c1-11-14-7-9-20-15(14)6-8-18(11)16(19)13-4-2-12(10-17)3-5-13/h7,9,11-13H,2-6,8,10,17H2,1H3. The van der Waals surface area contributed by atoms with Crippen molar-refractivity contribution in [2.45, 2.75) is 45.1 Å². The first-order valence-electron chi connectivity index (χ1n) is 7.77. The maximum Gasteiger partial charge on any atom is 0.226 e. The highest BCUT2D eigenvalue weighted by molar-refractivity contribution is 7.10. The molecule has 0 spiro atoms. The highest BCUT2D eigenvalue weighted by atomic mass is 32.1. The lowest BCUT2D eigenvalue weighted by Crippen LogP contribution is -2.42. The molecule has 20 heavy (non-hydrogen) atoms. The minimum absolute atomic E-state index is 0.237. The van der Waals surface area contributed by atoms with Gasteiger partial charge in [0.25, 0.3) is 0 Å². The first-order valence-corrected chi connectivity index (χ1v) is 8.65. The first kappa shape index (κ1) is 14.1. The van der Waals surface area contributed by atoms with Crippen molar-refractivity contribution in [3.8, 4) is 0 Å². The van der Waals surface area contributed by atoms with E-state index < -0.39 is 0 Å². The van der Waals surface area contributed by atoms with Gasteiger partial charge in [-0.05, 0) is 68.5 Å². The average molecular weight is 292 g/mol. The van der Waals surface area contributed by atoms with Crippen molar-refractivity contribution >= 4 is 17.2 Å². The van der Waals surface area contributed by atoms with Crippen LogP contribution in [-0.2, 0) is 11.2 Å². The molecule has 1 saturated carbocycles. The van der Waals surface area contributed by atoms with Crippen molar-refractivity contribution in [1.29, 1.82) is 0 Å². The maximum absolute atomic E-state index is 12.8. The van der Waals surface area contributed by atoms with Crippen molar-refractivity contribution in [3.63, 3.8) is 0 Å².